The van der Waals surface area contributed by atoms with Crippen LogP contribution in [0.25, 0.3) is 0 Å². The number of nitrogens with zero attached hydrogens (tertiary/aromatic N) is 2. The van der Waals surface area contributed by atoms with Crippen LogP contribution >= 0.6 is 11.8 Å². The first-order chi connectivity index (χ1) is 23.9. The van der Waals surface area contributed by atoms with E-state index in [2.05, 4.69) is 168 Å². The average Bonchev–Trinajstić information content (AvgIpc) is 3.09. The van der Waals surface area contributed by atoms with E-state index in [-0.39, 0.29) is 38.1 Å². The number of thioether (sulfide) groups is 1. The van der Waals surface area contributed by atoms with Crippen LogP contribution in [0.2, 0.25) is 10.1 Å². The van der Waals surface area contributed by atoms with E-state index in [1.165, 1.54) is 20.7 Å². The molecule has 0 radical (unpaired) electrons. The Morgan fingerprint density at radius 1 is 0.640 bits per heavy atom. The number of benzene rings is 4. The molecule has 6 rings (SSSR count). The van der Waals surface area contributed by atoms with Gasteiger partial charge in [0.1, 0.15) is 5.82 Å². The number of nitrogen functional groups attached to an aromatic ring is 1. The van der Waals surface area contributed by atoms with Crippen molar-refractivity contribution in [3.63, 3.8) is 0 Å². The lowest BCUT2D eigenvalue weighted by molar-refractivity contribution is 0.165. The minimum atomic E-state index is -2.84. The maximum Gasteiger partial charge on any atom is 0.350 e. The molecule has 260 valence electrons. The Hall–Kier alpha value is -3.74. The SMILES string of the molecule is CC(C)(C)[Si](OC[C@H]1SC(n2ccc(N)nc2=O)[C@@H]1CO[Si](c1ccccc1)(c1ccccc1)C(C)(C)C)(c1ccccc1)c1ccccc1. The van der Waals surface area contributed by atoms with Crippen LogP contribution < -0.4 is 32.2 Å². The average molecular weight is 720 g/mol. The number of rotatable bonds is 11. The molecule has 1 aromatic heterocycles. The van der Waals surface area contributed by atoms with Crippen LogP contribution in [0.5, 0.6) is 0 Å². The summed E-state index contributed by atoms with van der Waals surface area (Å²) in [4.78, 5) is 17.3. The summed E-state index contributed by atoms with van der Waals surface area (Å²) in [5, 5.41) is 4.55. The van der Waals surface area contributed by atoms with Crippen molar-refractivity contribution in [2.24, 2.45) is 5.92 Å². The summed E-state index contributed by atoms with van der Waals surface area (Å²) in [7, 11) is -5.62. The normalized spacial score (nSPS) is 18.4. The summed E-state index contributed by atoms with van der Waals surface area (Å²) in [5.41, 5.74) is 5.58. The molecule has 50 heavy (non-hydrogen) atoms. The molecule has 0 aliphatic carbocycles. The molecular weight excluding hydrogens is 671 g/mol. The second kappa shape index (κ2) is 14.5. The first kappa shape index (κ1) is 36.1. The van der Waals surface area contributed by atoms with Crippen molar-refractivity contribution in [2.75, 3.05) is 18.9 Å². The molecule has 1 fully saturated rings. The topological polar surface area (TPSA) is 79.4 Å². The molecule has 0 spiro atoms. The highest BCUT2D eigenvalue weighted by molar-refractivity contribution is 8.01. The van der Waals surface area contributed by atoms with Gasteiger partial charge in [0, 0.05) is 30.6 Å². The van der Waals surface area contributed by atoms with Gasteiger partial charge in [0.05, 0.1) is 5.37 Å². The van der Waals surface area contributed by atoms with Gasteiger partial charge in [0.15, 0.2) is 0 Å². The monoisotopic (exact) mass is 719 g/mol. The molecule has 1 unspecified atom stereocenters. The fourth-order valence-corrected chi connectivity index (χ4v) is 18.4. The van der Waals surface area contributed by atoms with Crippen molar-refractivity contribution in [1.82, 2.24) is 9.55 Å². The fraction of sp³-hybridized carbons (Fsp3) is 0.317. The summed E-state index contributed by atoms with van der Waals surface area (Å²) in [6.45, 7) is 14.8. The Balaban J connectivity index is 1.40. The summed E-state index contributed by atoms with van der Waals surface area (Å²) in [6, 6.07) is 44.6. The van der Waals surface area contributed by atoms with Crippen molar-refractivity contribution in [3.05, 3.63) is 144 Å². The Morgan fingerprint density at radius 2 is 1.02 bits per heavy atom. The van der Waals surface area contributed by atoms with Gasteiger partial charge in [-0.05, 0) is 36.9 Å². The predicted octanol–water partition coefficient (Wildman–Crippen LogP) is 6.21. The van der Waals surface area contributed by atoms with Gasteiger partial charge in [-0.2, -0.15) is 4.98 Å². The van der Waals surface area contributed by atoms with Crippen LogP contribution in [-0.4, -0.2) is 44.6 Å². The molecule has 9 heteroatoms. The zero-order chi connectivity index (χ0) is 35.6. The van der Waals surface area contributed by atoms with Gasteiger partial charge in [0.2, 0.25) is 0 Å². The molecular formula is C41H49N3O3SSi2. The Kier molecular flexibility index (Phi) is 10.4. The van der Waals surface area contributed by atoms with E-state index >= 15 is 0 Å². The number of aromatic nitrogens is 2. The van der Waals surface area contributed by atoms with Crippen molar-refractivity contribution in [3.8, 4) is 0 Å². The van der Waals surface area contributed by atoms with Crippen LogP contribution in [-0.2, 0) is 8.85 Å². The fourth-order valence-electron chi connectivity index (χ4n) is 7.67. The lowest BCUT2D eigenvalue weighted by Gasteiger charge is -2.50. The number of hydrogen-bond donors (Lipinski definition) is 1. The minimum absolute atomic E-state index is 0.0111. The summed E-state index contributed by atoms with van der Waals surface area (Å²) < 4.78 is 16.7. The lowest BCUT2D eigenvalue weighted by Crippen LogP contribution is -2.68. The van der Waals surface area contributed by atoms with Gasteiger partial charge < -0.3 is 14.6 Å². The Bertz CT molecular complexity index is 1840. The van der Waals surface area contributed by atoms with Gasteiger partial charge in [-0.1, -0.05) is 163 Å². The highest BCUT2D eigenvalue weighted by Crippen LogP contribution is 2.51. The molecule has 2 heterocycles. The lowest BCUT2D eigenvalue weighted by atomic mass is 10.0. The van der Waals surface area contributed by atoms with Crippen molar-refractivity contribution >= 4 is 55.0 Å². The van der Waals surface area contributed by atoms with Crippen molar-refractivity contribution in [2.45, 2.75) is 62.2 Å². The second-order valence-electron chi connectivity index (χ2n) is 15.2. The Morgan fingerprint density at radius 3 is 1.38 bits per heavy atom. The van der Waals surface area contributed by atoms with E-state index in [1.54, 1.807) is 28.6 Å². The number of hydrogen-bond acceptors (Lipinski definition) is 6. The third kappa shape index (κ3) is 6.69. The maximum absolute atomic E-state index is 13.3. The molecule has 3 atom stereocenters. The molecule has 1 saturated heterocycles. The summed E-state index contributed by atoms with van der Waals surface area (Å²) >= 11 is 1.76. The van der Waals surface area contributed by atoms with E-state index in [0.29, 0.717) is 13.2 Å². The standard InChI is InChI=1S/C41H49N3O3SSi2/c1-40(2,3)49(31-19-11-7-12-20-31,32-21-13-8-14-22-32)46-29-35-36(48-38(35)44-28-27-37(42)43-39(44)45)30-47-50(41(4,5)6,33-23-15-9-16-24-33)34-25-17-10-18-26-34/h7-28,35-36,38H,29-30H2,1-6H3,(H2,42,43,45)/t35-,36-,38?/m1/s1. The van der Waals surface area contributed by atoms with Crippen LogP contribution in [0.1, 0.15) is 46.9 Å². The van der Waals surface area contributed by atoms with E-state index < -0.39 is 16.6 Å². The molecule has 4 aromatic carbocycles. The third-order valence-electron chi connectivity index (χ3n) is 10.1. The molecule has 0 amide bonds. The smallest absolute Gasteiger partial charge is 0.350 e. The van der Waals surface area contributed by atoms with Crippen LogP contribution in [0.3, 0.4) is 0 Å². The molecule has 2 N–H and O–H groups in total. The van der Waals surface area contributed by atoms with Gasteiger partial charge in [-0.15, -0.1) is 11.8 Å². The van der Waals surface area contributed by atoms with Gasteiger partial charge in [-0.25, -0.2) is 4.79 Å². The van der Waals surface area contributed by atoms with E-state index in [1.807, 2.05) is 0 Å². The zero-order valence-electron chi connectivity index (χ0n) is 30.0. The predicted molar refractivity (Wildman–Crippen MR) is 214 cm³/mol. The molecule has 0 bridgehead atoms. The van der Waals surface area contributed by atoms with Crippen LogP contribution in [0, 0.1) is 5.92 Å². The highest BCUT2D eigenvalue weighted by Gasteiger charge is 2.55. The van der Waals surface area contributed by atoms with Crippen molar-refractivity contribution < 1.29 is 8.85 Å². The van der Waals surface area contributed by atoms with E-state index in [4.69, 9.17) is 14.6 Å². The van der Waals surface area contributed by atoms with E-state index in [0.717, 1.165) is 0 Å². The first-order valence-corrected chi connectivity index (χ1v) is 22.1. The molecule has 5 aromatic rings. The van der Waals surface area contributed by atoms with Crippen molar-refractivity contribution in [1.29, 1.82) is 0 Å². The summed E-state index contributed by atoms with van der Waals surface area (Å²) in [5.74, 6) is 0.213. The largest absolute Gasteiger partial charge is 0.407 e. The maximum atomic E-state index is 13.3. The minimum Gasteiger partial charge on any atom is -0.407 e. The quantitative estimate of drug-likeness (QED) is 0.164. The number of anilines is 1. The van der Waals surface area contributed by atoms with Crippen LogP contribution in [0.15, 0.2) is 138 Å². The molecule has 0 saturated carbocycles. The number of nitrogens with two attached hydrogens (primary N) is 1. The molecule has 1 aliphatic heterocycles. The zero-order valence-corrected chi connectivity index (χ0v) is 32.8. The summed E-state index contributed by atoms with van der Waals surface area (Å²) in [6.07, 6.45) is 1.78. The van der Waals surface area contributed by atoms with Crippen LogP contribution in [0.4, 0.5) is 5.82 Å². The third-order valence-corrected chi connectivity index (χ3v) is 21.8. The Labute approximate surface area is 303 Å². The molecule has 6 nitrogen and oxygen atoms in total. The van der Waals surface area contributed by atoms with E-state index in [9.17, 15) is 4.79 Å². The second-order valence-corrected chi connectivity index (χ2v) is 25.2. The van der Waals surface area contributed by atoms with Gasteiger partial charge in [-0.3, -0.25) is 4.57 Å². The van der Waals surface area contributed by atoms with Gasteiger partial charge in [0.25, 0.3) is 16.6 Å². The first-order valence-electron chi connectivity index (χ1n) is 17.4. The van der Waals surface area contributed by atoms with Gasteiger partial charge >= 0.3 is 5.69 Å². The molecule has 1 aliphatic rings. The highest BCUT2D eigenvalue weighted by atomic mass is 32.2.